The van der Waals surface area contributed by atoms with Crippen LogP contribution in [-0.4, -0.2) is 42.6 Å². The van der Waals surface area contributed by atoms with Crippen LogP contribution in [0.15, 0.2) is 46.9 Å². The van der Waals surface area contributed by atoms with E-state index < -0.39 is 0 Å². The van der Waals surface area contributed by atoms with Crippen molar-refractivity contribution in [1.82, 2.24) is 10.2 Å². The van der Waals surface area contributed by atoms with E-state index in [1.54, 1.807) is 4.90 Å². The van der Waals surface area contributed by atoms with Gasteiger partial charge in [-0.05, 0) is 62.1 Å². The first-order chi connectivity index (χ1) is 14.9. The minimum atomic E-state index is -0.194. The van der Waals surface area contributed by atoms with Crippen LogP contribution in [0, 0.1) is 12.8 Å². The van der Waals surface area contributed by atoms with Crippen LogP contribution >= 0.6 is 15.9 Å². The Morgan fingerprint density at radius 3 is 2.84 bits per heavy atom. The van der Waals surface area contributed by atoms with Crippen molar-refractivity contribution >= 4 is 33.6 Å². The maximum atomic E-state index is 13.4. The van der Waals surface area contributed by atoms with E-state index >= 15 is 0 Å². The third-order valence-corrected chi connectivity index (χ3v) is 6.32. The first kappa shape index (κ1) is 21.7. The lowest BCUT2D eigenvalue weighted by atomic mass is 9.97. The van der Waals surface area contributed by atoms with Gasteiger partial charge in [-0.25, -0.2) is 4.79 Å². The maximum absolute atomic E-state index is 13.4. The number of rotatable bonds is 3. The van der Waals surface area contributed by atoms with Crippen molar-refractivity contribution in [3.05, 3.63) is 58.1 Å². The summed E-state index contributed by atoms with van der Waals surface area (Å²) in [7, 11) is 0. The van der Waals surface area contributed by atoms with E-state index in [9.17, 15) is 9.59 Å². The summed E-state index contributed by atoms with van der Waals surface area (Å²) < 4.78 is 6.91. The lowest BCUT2D eigenvalue weighted by Gasteiger charge is -2.39. The number of nitrogens with zero attached hydrogens (tertiary/aromatic N) is 2. The average Bonchev–Trinajstić information content (AvgIpc) is 2.77. The summed E-state index contributed by atoms with van der Waals surface area (Å²) in [6.07, 6.45) is 1.54. The zero-order valence-electron chi connectivity index (χ0n) is 17.9. The maximum Gasteiger partial charge on any atom is 0.324 e. The van der Waals surface area contributed by atoms with E-state index in [0.29, 0.717) is 26.2 Å². The standard InChI is InChI=1S/C24H28BrN3O3/c1-16-8-9-22-21(11-16)28(14-17(2)31-22)24(30)27-10-4-6-19(15-27)23(29)26-13-18-5-3-7-20(25)12-18/h3,5,7-9,11-12,17,19H,4,6,10,13-15H2,1-2H3,(H,26,29)/t17-,19-/m1/s1. The SMILES string of the molecule is Cc1ccc2c(c1)N(C(=O)N1CCC[C@@H](C(=O)NCc3cccc(Br)c3)C1)C[C@@H](C)O2. The van der Waals surface area contributed by atoms with Gasteiger partial charge in [0, 0.05) is 24.1 Å². The predicted octanol–water partition coefficient (Wildman–Crippen LogP) is 4.49. The summed E-state index contributed by atoms with van der Waals surface area (Å²) in [5.41, 5.74) is 2.93. The Bertz CT molecular complexity index is 980. The number of aryl methyl sites for hydroxylation is 1. The van der Waals surface area contributed by atoms with Crippen molar-refractivity contribution in [1.29, 1.82) is 0 Å². The number of amides is 3. The number of carbonyl (C=O) groups is 2. The van der Waals surface area contributed by atoms with Gasteiger partial charge in [0.25, 0.3) is 0 Å². The molecular weight excluding hydrogens is 458 g/mol. The highest BCUT2D eigenvalue weighted by Gasteiger charge is 2.34. The summed E-state index contributed by atoms with van der Waals surface area (Å²) in [4.78, 5) is 29.8. The highest BCUT2D eigenvalue weighted by atomic mass is 79.9. The van der Waals surface area contributed by atoms with Crippen molar-refractivity contribution in [2.24, 2.45) is 5.92 Å². The fourth-order valence-corrected chi connectivity index (χ4v) is 4.69. The topological polar surface area (TPSA) is 61.9 Å². The van der Waals surface area contributed by atoms with Gasteiger partial charge in [-0.2, -0.15) is 0 Å². The Balaban J connectivity index is 1.42. The van der Waals surface area contributed by atoms with Crippen LogP contribution in [-0.2, 0) is 11.3 Å². The molecule has 6 nitrogen and oxygen atoms in total. The van der Waals surface area contributed by atoms with Gasteiger partial charge in [0.1, 0.15) is 11.9 Å². The van der Waals surface area contributed by atoms with Crippen LogP contribution in [0.3, 0.4) is 0 Å². The van der Waals surface area contributed by atoms with Gasteiger partial charge in [-0.1, -0.05) is 34.1 Å². The van der Waals surface area contributed by atoms with Gasteiger partial charge in [0.15, 0.2) is 0 Å². The quantitative estimate of drug-likeness (QED) is 0.696. The summed E-state index contributed by atoms with van der Waals surface area (Å²) in [5.74, 6) is 0.544. The van der Waals surface area contributed by atoms with Gasteiger partial charge in [-0.3, -0.25) is 9.69 Å². The number of fused-ring (bicyclic) bond motifs is 1. The first-order valence-corrected chi connectivity index (χ1v) is 11.6. The Labute approximate surface area is 191 Å². The molecule has 2 aliphatic rings. The molecule has 2 aromatic carbocycles. The van der Waals surface area contributed by atoms with Crippen LogP contribution in [0.25, 0.3) is 0 Å². The highest BCUT2D eigenvalue weighted by Crippen LogP contribution is 2.35. The fourth-order valence-electron chi connectivity index (χ4n) is 4.24. The van der Waals surface area contributed by atoms with Crippen LogP contribution in [0.4, 0.5) is 10.5 Å². The average molecular weight is 486 g/mol. The molecule has 7 heteroatoms. The summed E-state index contributed by atoms with van der Waals surface area (Å²) in [5, 5.41) is 3.03. The van der Waals surface area contributed by atoms with Crippen LogP contribution < -0.4 is 15.0 Å². The molecule has 0 aliphatic carbocycles. The van der Waals surface area contributed by atoms with Gasteiger partial charge >= 0.3 is 6.03 Å². The van der Waals surface area contributed by atoms with E-state index in [-0.39, 0.29) is 24.0 Å². The molecule has 2 heterocycles. The molecule has 0 aromatic heterocycles. The van der Waals surface area contributed by atoms with Gasteiger partial charge in [0.05, 0.1) is 18.2 Å². The molecule has 4 rings (SSSR count). The predicted molar refractivity (Wildman–Crippen MR) is 124 cm³/mol. The summed E-state index contributed by atoms with van der Waals surface area (Å²) in [6.45, 7) is 6.07. The molecule has 0 bridgehead atoms. The van der Waals surface area contributed by atoms with Gasteiger partial charge in [0.2, 0.25) is 5.91 Å². The fraction of sp³-hybridized carbons (Fsp3) is 0.417. The summed E-state index contributed by atoms with van der Waals surface area (Å²) in [6, 6.07) is 13.8. The van der Waals surface area contributed by atoms with E-state index in [4.69, 9.17) is 4.74 Å². The van der Waals surface area contributed by atoms with Crippen molar-refractivity contribution in [3.63, 3.8) is 0 Å². The molecule has 1 saturated heterocycles. The van der Waals surface area contributed by atoms with Crippen LogP contribution in [0.1, 0.15) is 30.9 Å². The second-order valence-electron chi connectivity index (χ2n) is 8.43. The van der Waals surface area contributed by atoms with E-state index in [1.165, 1.54) is 0 Å². The van der Waals surface area contributed by atoms with Crippen molar-refractivity contribution in [3.8, 4) is 5.75 Å². The molecular formula is C24H28BrN3O3. The Morgan fingerprint density at radius 1 is 1.19 bits per heavy atom. The third kappa shape index (κ3) is 5.03. The molecule has 31 heavy (non-hydrogen) atoms. The monoisotopic (exact) mass is 485 g/mol. The molecule has 164 valence electrons. The van der Waals surface area contributed by atoms with Crippen molar-refractivity contribution < 1.29 is 14.3 Å². The second-order valence-corrected chi connectivity index (χ2v) is 9.34. The molecule has 2 atom stereocenters. The Hall–Kier alpha value is -2.54. The number of piperidine rings is 1. The van der Waals surface area contributed by atoms with Crippen LogP contribution in [0.2, 0.25) is 0 Å². The first-order valence-electron chi connectivity index (χ1n) is 10.8. The minimum absolute atomic E-state index is 0.00376. The zero-order valence-corrected chi connectivity index (χ0v) is 19.5. The zero-order chi connectivity index (χ0) is 22.0. The van der Waals surface area contributed by atoms with Gasteiger partial charge in [-0.15, -0.1) is 0 Å². The second kappa shape index (κ2) is 9.30. The molecule has 1 fully saturated rings. The molecule has 2 aliphatic heterocycles. The van der Waals surface area contributed by atoms with E-state index in [0.717, 1.165) is 39.9 Å². The number of nitrogens with one attached hydrogen (secondary N) is 1. The molecule has 0 radical (unpaired) electrons. The van der Waals surface area contributed by atoms with Gasteiger partial charge < -0.3 is 15.0 Å². The lowest BCUT2D eigenvalue weighted by molar-refractivity contribution is -0.126. The minimum Gasteiger partial charge on any atom is -0.487 e. The number of urea groups is 1. The molecule has 3 amide bonds. The van der Waals surface area contributed by atoms with Crippen LogP contribution in [0.5, 0.6) is 5.75 Å². The Kier molecular flexibility index (Phi) is 6.51. The number of halogens is 1. The van der Waals surface area contributed by atoms with Crippen molar-refractivity contribution in [2.75, 3.05) is 24.5 Å². The summed E-state index contributed by atoms with van der Waals surface area (Å²) >= 11 is 3.46. The van der Waals surface area contributed by atoms with E-state index in [1.807, 2.05) is 61.2 Å². The lowest BCUT2D eigenvalue weighted by Crippen LogP contribution is -2.53. The highest BCUT2D eigenvalue weighted by molar-refractivity contribution is 9.10. The normalized spacial score (nSPS) is 20.6. The van der Waals surface area contributed by atoms with Crippen molar-refractivity contribution in [2.45, 2.75) is 39.3 Å². The van der Waals surface area contributed by atoms with E-state index in [2.05, 4.69) is 21.2 Å². The number of hydrogen-bond donors (Lipinski definition) is 1. The smallest absolute Gasteiger partial charge is 0.324 e. The molecule has 0 unspecified atom stereocenters. The number of benzene rings is 2. The largest absolute Gasteiger partial charge is 0.487 e. The molecule has 1 N–H and O–H groups in total. The number of likely N-dealkylation sites (tertiary alicyclic amines) is 1. The molecule has 0 spiro atoms. The molecule has 2 aromatic rings. The molecule has 0 saturated carbocycles. The number of anilines is 1. The third-order valence-electron chi connectivity index (χ3n) is 5.82. The number of ether oxygens (including phenoxy) is 1. The number of carbonyl (C=O) groups excluding carboxylic acids is 2. The Morgan fingerprint density at radius 2 is 2.03 bits per heavy atom. The number of hydrogen-bond acceptors (Lipinski definition) is 3.